The van der Waals surface area contributed by atoms with E-state index in [2.05, 4.69) is 26.1 Å². The van der Waals surface area contributed by atoms with Gasteiger partial charge >= 0.3 is 0 Å². The molecular weight excluding hydrogens is 751 g/mol. The zero-order chi connectivity index (χ0) is 39.8. The first-order chi connectivity index (χ1) is 27.6. The SMILES string of the molecule is N#Cc1ccc(OC2CCC(N3C(=O)CCC(N4Cc5c(ccc(C6=CCN(CC7CCN(c8ccc(C(N)=O)nn8)CC7)CC6)c5F)C4=O)C3=O)CC2)cc1Cl. The van der Waals surface area contributed by atoms with Crippen molar-refractivity contribution < 1.29 is 28.3 Å². The van der Waals surface area contributed by atoms with Gasteiger partial charge in [0.15, 0.2) is 11.5 Å². The van der Waals surface area contributed by atoms with Crippen LogP contribution in [0, 0.1) is 23.1 Å². The van der Waals surface area contributed by atoms with Crippen LogP contribution in [-0.2, 0) is 16.1 Å². The van der Waals surface area contributed by atoms with E-state index in [0.717, 1.165) is 50.4 Å². The molecule has 296 valence electrons. The Hall–Kier alpha value is -5.39. The number of aromatic nitrogens is 2. The molecule has 4 amide bonds. The Balaban J connectivity index is 0.854. The molecule has 2 aromatic carbocycles. The topological polar surface area (TPSA) is 166 Å². The predicted octanol–water partition coefficient (Wildman–Crippen LogP) is 5.11. The molecule has 2 saturated heterocycles. The van der Waals surface area contributed by atoms with Crippen LogP contribution in [0.25, 0.3) is 5.57 Å². The molecule has 1 atom stereocenters. The lowest BCUT2D eigenvalue weighted by Gasteiger charge is -2.41. The van der Waals surface area contributed by atoms with Crippen LogP contribution in [0.1, 0.15) is 95.3 Å². The number of carbonyl (C=O) groups is 4. The van der Waals surface area contributed by atoms with Crippen LogP contribution in [0.5, 0.6) is 5.75 Å². The van der Waals surface area contributed by atoms with Crippen molar-refractivity contribution in [2.75, 3.05) is 37.6 Å². The van der Waals surface area contributed by atoms with Crippen molar-refractivity contribution in [3.8, 4) is 11.8 Å². The van der Waals surface area contributed by atoms with Gasteiger partial charge in [-0.05, 0) is 93.2 Å². The summed E-state index contributed by atoms with van der Waals surface area (Å²) in [5, 5.41) is 17.6. The van der Waals surface area contributed by atoms with Gasteiger partial charge in [0.25, 0.3) is 17.7 Å². The Bertz CT molecular complexity index is 2160. The highest BCUT2D eigenvalue weighted by molar-refractivity contribution is 6.31. The van der Waals surface area contributed by atoms with Crippen LogP contribution in [0.2, 0.25) is 5.02 Å². The van der Waals surface area contributed by atoms with Gasteiger partial charge in [-0.1, -0.05) is 23.7 Å². The Kier molecular flexibility index (Phi) is 11.0. The summed E-state index contributed by atoms with van der Waals surface area (Å²) in [6.45, 7) is 4.12. The number of carbonyl (C=O) groups excluding carboxylic acids is 4. The third-order valence-corrected chi connectivity index (χ3v) is 12.5. The second-order valence-corrected chi connectivity index (χ2v) is 16.1. The zero-order valence-electron chi connectivity index (χ0n) is 31.5. The fourth-order valence-corrected chi connectivity index (χ4v) is 9.28. The number of amides is 4. The molecule has 0 bridgehead atoms. The fourth-order valence-electron chi connectivity index (χ4n) is 9.06. The van der Waals surface area contributed by atoms with Crippen LogP contribution in [0.4, 0.5) is 10.2 Å². The van der Waals surface area contributed by atoms with Crippen LogP contribution in [-0.4, -0.2) is 99.4 Å². The highest BCUT2D eigenvalue weighted by Crippen LogP contribution is 2.37. The van der Waals surface area contributed by atoms with Crippen molar-refractivity contribution >= 4 is 46.6 Å². The summed E-state index contributed by atoms with van der Waals surface area (Å²) >= 11 is 6.17. The van der Waals surface area contributed by atoms with Crippen LogP contribution in [0.3, 0.4) is 0 Å². The van der Waals surface area contributed by atoms with E-state index < -0.39 is 23.7 Å². The van der Waals surface area contributed by atoms with E-state index in [1.807, 2.05) is 6.07 Å². The monoisotopic (exact) mass is 794 g/mol. The minimum atomic E-state index is -0.843. The number of halogens is 2. The minimum absolute atomic E-state index is 0.0149. The number of imide groups is 1. The molecule has 1 unspecified atom stereocenters. The third-order valence-electron chi connectivity index (χ3n) is 12.2. The lowest BCUT2D eigenvalue weighted by molar-refractivity contribution is -0.156. The number of likely N-dealkylation sites (tertiary alicyclic amines) is 1. The average molecular weight is 795 g/mol. The molecule has 1 aliphatic carbocycles. The van der Waals surface area contributed by atoms with E-state index in [1.165, 1.54) is 9.80 Å². The highest BCUT2D eigenvalue weighted by Gasteiger charge is 2.46. The second kappa shape index (κ2) is 16.2. The van der Waals surface area contributed by atoms with E-state index in [1.54, 1.807) is 42.5 Å². The maximum atomic E-state index is 16.3. The van der Waals surface area contributed by atoms with Gasteiger partial charge in [-0.25, -0.2) is 4.39 Å². The average Bonchev–Trinajstić information content (AvgIpc) is 3.55. The molecule has 2 N–H and O–H groups in total. The minimum Gasteiger partial charge on any atom is -0.490 e. The van der Waals surface area contributed by atoms with Gasteiger partial charge in [-0.15, -0.1) is 10.2 Å². The molecule has 5 heterocycles. The van der Waals surface area contributed by atoms with Crippen molar-refractivity contribution in [1.29, 1.82) is 5.26 Å². The summed E-state index contributed by atoms with van der Waals surface area (Å²) in [7, 11) is 0. The number of benzene rings is 2. The van der Waals surface area contributed by atoms with Crippen molar-refractivity contribution in [3.05, 3.63) is 87.3 Å². The Morgan fingerprint density at radius 3 is 2.39 bits per heavy atom. The van der Waals surface area contributed by atoms with Gasteiger partial charge in [0.2, 0.25) is 5.91 Å². The molecule has 3 fully saturated rings. The highest BCUT2D eigenvalue weighted by atomic mass is 35.5. The first kappa shape index (κ1) is 38.5. The number of nitriles is 1. The van der Waals surface area contributed by atoms with Crippen molar-refractivity contribution in [3.63, 3.8) is 0 Å². The number of hydrogen-bond acceptors (Lipinski definition) is 10. The number of hydrogen-bond donors (Lipinski definition) is 1. The first-order valence-electron chi connectivity index (χ1n) is 19.7. The normalized spacial score (nSPS) is 23.3. The summed E-state index contributed by atoms with van der Waals surface area (Å²) in [6, 6.07) is 12.6. The number of ether oxygens (including phenoxy) is 1. The van der Waals surface area contributed by atoms with Gasteiger partial charge in [-0.2, -0.15) is 5.26 Å². The van der Waals surface area contributed by atoms with Gasteiger partial charge in [0.05, 0.1) is 23.2 Å². The maximum absolute atomic E-state index is 16.3. The summed E-state index contributed by atoms with van der Waals surface area (Å²) in [4.78, 5) is 59.6. The molecule has 4 aliphatic heterocycles. The molecule has 5 aliphatic rings. The number of nitrogens with zero attached hydrogens (tertiary/aromatic N) is 7. The molecule has 8 rings (SSSR count). The van der Waals surface area contributed by atoms with E-state index in [9.17, 15) is 19.2 Å². The summed E-state index contributed by atoms with van der Waals surface area (Å²) in [5.41, 5.74) is 7.78. The predicted molar refractivity (Wildman–Crippen MR) is 209 cm³/mol. The van der Waals surface area contributed by atoms with Crippen molar-refractivity contribution in [2.24, 2.45) is 11.7 Å². The molecule has 57 heavy (non-hydrogen) atoms. The molecule has 15 heteroatoms. The van der Waals surface area contributed by atoms with Crippen LogP contribution < -0.4 is 15.4 Å². The van der Waals surface area contributed by atoms with Gasteiger partial charge in [0.1, 0.15) is 23.7 Å². The zero-order valence-corrected chi connectivity index (χ0v) is 32.3. The Labute approximate surface area is 335 Å². The molecule has 0 radical (unpaired) electrons. The molecular formula is C42H44ClFN8O5. The molecule has 1 aromatic heterocycles. The first-order valence-corrected chi connectivity index (χ1v) is 20.1. The Morgan fingerprint density at radius 2 is 1.72 bits per heavy atom. The number of anilines is 1. The summed E-state index contributed by atoms with van der Waals surface area (Å²) in [5.74, 6) is -0.230. The van der Waals surface area contributed by atoms with E-state index >= 15 is 4.39 Å². The summed E-state index contributed by atoms with van der Waals surface area (Å²) < 4.78 is 22.4. The lowest BCUT2D eigenvalue weighted by Crippen LogP contribution is -2.58. The number of piperidine rings is 2. The van der Waals surface area contributed by atoms with Crippen molar-refractivity contribution in [2.45, 2.75) is 82.5 Å². The number of fused-ring (bicyclic) bond motifs is 1. The van der Waals surface area contributed by atoms with Gasteiger partial charge in [0, 0.05) is 67.9 Å². The molecule has 13 nitrogen and oxygen atoms in total. The quantitative estimate of drug-likeness (QED) is 0.288. The third kappa shape index (κ3) is 7.83. The molecule has 1 saturated carbocycles. The molecule has 3 aromatic rings. The van der Waals surface area contributed by atoms with E-state index in [4.69, 9.17) is 27.3 Å². The number of primary amides is 1. The number of nitrogens with two attached hydrogens (primary N) is 1. The lowest BCUT2D eigenvalue weighted by atomic mass is 9.89. The van der Waals surface area contributed by atoms with Crippen LogP contribution in [0.15, 0.2) is 48.5 Å². The second-order valence-electron chi connectivity index (χ2n) is 15.7. The van der Waals surface area contributed by atoms with Crippen molar-refractivity contribution in [1.82, 2.24) is 24.9 Å². The largest absolute Gasteiger partial charge is 0.490 e. The van der Waals surface area contributed by atoms with E-state index in [-0.39, 0.29) is 54.6 Å². The Morgan fingerprint density at radius 1 is 0.947 bits per heavy atom. The fraction of sp³-hybridized carbons (Fsp3) is 0.452. The van der Waals surface area contributed by atoms with Crippen LogP contribution >= 0.6 is 11.6 Å². The smallest absolute Gasteiger partial charge is 0.269 e. The van der Waals surface area contributed by atoms with E-state index in [0.29, 0.717) is 72.0 Å². The maximum Gasteiger partial charge on any atom is 0.269 e. The van der Waals surface area contributed by atoms with Gasteiger partial charge < -0.3 is 20.3 Å². The molecule has 0 spiro atoms. The van der Waals surface area contributed by atoms with Gasteiger partial charge in [-0.3, -0.25) is 29.0 Å². The number of rotatable bonds is 9. The summed E-state index contributed by atoms with van der Waals surface area (Å²) in [6.07, 6.45) is 7.32. The standard InChI is InChI=1S/C42H44ClFN8O5/c43-34-21-30(4-1-27(34)22-45)57-29-5-2-28(3-6-29)52-38(53)12-10-36(42(52)56)51-24-33-32(41(51)55)8-7-31(39(33)44)26-15-17-49(18-16-26)23-25-13-19-50(20-14-25)37-11-9-35(40(46)54)47-48-37/h1,4,7-9,11,15,21,25,28-29,36H,2-3,5-6,10,12-14,16-20,23-24H2,(H2,46,54).